The Hall–Kier alpha value is -3.59. The smallest absolute Gasteiger partial charge is 0.305 e. The van der Waals surface area contributed by atoms with Gasteiger partial charge in [0.1, 0.15) is 6.04 Å². The zero-order chi connectivity index (χ0) is 26.9. The van der Waals surface area contributed by atoms with Crippen LogP contribution in [0.3, 0.4) is 0 Å². The summed E-state index contributed by atoms with van der Waals surface area (Å²) in [4.78, 5) is 51.9. The molecule has 10 nitrogen and oxygen atoms in total. The summed E-state index contributed by atoms with van der Waals surface area (Å²) in [6.45, 7) is 3.09. The molecule has 0 aromatic heterocycles. The van der Waals surface area contributed by atoms with Gasteiger partial charge in [0.05, 0.1) is 31.4 Å². The number of carbonyl (C=O) groups excluding carboxylic acids is 3. The van der Waals surface area contributed by atoms with E-state index in [4.69, 9.17) is 16.4 Å². The van der Waals surface area contributed by atoms with Crippen LogP contribution in [0.1, 0.15) is 32.3 Å². The maximum atomic E-state index is 12.3. The molecule has 2 atom stereocenters. The van der Waals surface area contributed by atoms with E-state index in [1.807, 2.05) is 37.3 Å². The summed E-state index contributed by atoms with van der Waals surface area (Å²) in [5.74, 6) is 0.0157. The lowest BCUT2D eigenvalue weighted by Crippen LogP contribution is -2.47. The van der Waals surface area contributed by atoms with Crippen molar-refractivity contribution < 1.29 is 29.1 Å². The molecule has 0 bridgehead atoms. The molecule has 0 aliphatic carbocycles. The molecule has 0 spiro atoms. The summed E-state index contributed by atoms with van der Waals surface area (Å²) in [5.41, 5.74) is 4.99. The van der Waals surface area contributed by atoms with E-state index in [2.05, 4.69) is 40.0 Å². The van der Waals surface area contributed by atoms with Crippen molar-refractivity contribution >= 4 is 42.0 Å². The Balaban J connectivity index is 2.40. The molecule has 3 amide bonds. The molecule has 1 rings (SSSR count). The number of carbonyl (C=O) groups is 4. The van der Waals surface area contributed by atoms with Gasteiger partial charge in [-0.3, -0.25) is 19.2 Å². The Labute approximate surface area is 216 Å². The fourth-order valence-electron chi connectivity index (χ4n) is 2.82. The minimum atomic E-state index is -1.04. The number of benzene rings is 1. The third-order valence-electron chi connectivity index (χ3n) is 4.60. The van der Waals surface area contributed by atoms with E-state index in [1.54, 1.807) is 12.1 Å². The number of carboxylic acids is 1. The average molecular weight is 517 g/mol. The number of thiol groups is 1. The second-order valence-electron chi connectivity index (χ2n) is 7.63. The van der Waals surface area contributed by atoms with Gasteiger partial charge in [-0.15, -0.1) is 6.42 Å². The van der Waals surface area contributed by atoms with Gasteiger partial charge in [0.2, 0.25) is 17.7 Å². The number of hydroxylamine groups is 1. The highest BCUT2D eigenvalue weighted by Crippen LogP contribution is 2.15. The molecular formula is C25H32N4O6S. The molecule has 0 aliphatic heterocycles. The van der Waals surface area contributed by atoms with Crippen molar-refractivity contribution in [2.75, 3.05) is 18.5 Å². The quantitative estimate of drug-likeness (QED) is 0.0518. The van der Waals surface area contributed by atoms with E-state index < -0.39 is 35.1 Å². The van der Waals surface area contributed by atoms with E-state index in [0.29, 0.717) is 12.1 Å². The Morgan fingerprint density at radius 2 is 2.00 bits per heavy atom. The first-order chi connectivity index (χ1) is 17.1. The predicted octanol–water partition coefficient (Wildman–Crippen LogP) is 1.57. The highest BCUT2D eigenvalue weighted by Gasteiger charge is 2.16. The van der Waals surface area contributed by atoms with E-state index in [0.717, 1.165) is 11.1 Å². The van der Waals surface area contributed by atoms with Crippen molar-refractivity contribution in [3.8, 4) is 12.3 Å². The molecule has 1 aromatic rings. The summed E-state index contributed by atoms with van der Waals surface area (Å²) in [5, 5.41) is 15.6. The van der Waals surface area contributed by atoms with Crippen molar-refractivity contribution in [1.29, 1.82) is 0 Å². The Morgan fingerprint density at radius 3 is 2.67 bits per heavy atom. The van der Waals surface area contributed by atoms with Crippen LogP contribution in [-0.4, -0.2) is 53.4 Å². The third-order valence-corrected chi connectivity index (χ3v) is 4.88. The minimum Gasteiger partial charge on any atom is -0.481 e. The minimum absolute atomic E-state index is 0.0476. The fraction of sp³-hybridized carbons (Fsp3) is 0.360. The van der Waals surface area contributed by atoms with Gasteiger partial charge < -0.3 is 25.9 Å². The Kier molecular flexibility index (Phi) is 14.3. The molecule has 0 aliphatic rings. The van der Waals surface area contributed by atoms with Crippen LogP contribution in [0.5, 0.6) is 0 Å². The molecule has 194 valence electrons. The van der Waals surface area contributed by atoms with Crippen LogP contribution in [-0.2, 0) is 30.4 Å². The zero-order valence-electron chi connectivity index (χ0n) is 20.2. The number of nitrogens with one attached hydrogen (secondary N) is 4. The monoisotopic (exact) mass is 516 g/mol. The first-order valence-corrected chi connectivity index (χ1v) is 11.7. The second-order valence-corrected chi connectivity index (χ2v) is 8.25. The number of amides is 3. The molecule has 0 saturated carbocycles. The molecule has 0 heterocycles. The van der Waals surface area contributed by atoms with Gasteiger partial charge in [-0.2, -0.15) is 18.1 Å². The lowest BCUT2D eigenvalue weighted by atomic mass is 10.0. The van der Waals surface area contributed by atoms with Crippen LogP contribution < -0.4 is 21.4 Å². The van der Waals surface area contributed by atoms with Gasteiger partial charge in [0.15, 0.2) is 0 Å². The standard InChI is InChI=1S/C25H32N4O6S/c1-4-6-8-18(5-2)13-19-9-7-10-20(14-19)28-22(31)16-26-25(34)17(3)27-21(30)11-12-35-29-23(36)15-24(32)33/h1,5-10,14,17,23,29,36H,11-13,15-16H2,2-3H3,(H,26,34)(H,27,30)(H,28,31)(H,32,33)/b8-6-,18-5+. The van der Waals surface area contributed by atoms with Crippen LogP contribution in [0.15, 0.2) is 48.1 Å². The van der Waals surface area contributed by atoms with Crippen molar-refractivity contribution in [2.45, 2.75) is 44.5 Å². The van der Waals surface area contributed by atoms with E-state index >= 15 is 0 Å². The maximum Gasteiger partial charge on any atom is 0.305 e. The Morgan fingerprint density at radius 1 is 1.25 bits per heavy atom. The highest BCUT2D eigenvalue weighted by molar-refractivity contribution is 7.80. The molecule has 36 heavy (non-hydrogen) atoms. The van der Waals surface area contributed by atoms with Crippen LogP contribution >= 0.6 is 12.6 Å². The highest BCUT2D eigenvalue weighted by atomic mass is 32.1. The number of rotatable bonds is 15. The lowest BCUT2D eigenvalue weighted by Gasteiger charge is -2.15. The summed E-state index contributed by atoms with van der Waals surface area (Å²) in [7, 11) is 0. The van der Waals surface area contributed by atoms with Crippen molar-refractivity contribution in [2.24, 2.45) is 0 Å². The summed E-state index contributed by atoms with van der Waals surface area (Å²) in [6, 6.07) is 6.46. The van der Waals surface area contributed by atoms with E-state index in [9.17, 15) is 19.2 Å². The van der Waals surface area contributed by atoms with E-state index in [-0.39, 0.29) is 26.0 Å². The molecule has 0 radical (unpaired) electrons. The van der Waals surface area contributed by atoms with E-state index in [1.165, 1.54) is 6.92 Å². The number of anilines is 1. The zero-order valence-corrected chi connectivity index (χ0v) is 21.1. The first-order valence-electron chi connectivity index (χ1n) is 11.2. The lowest BCUT2D eigenvalue weighted by molar-refractivity contribution is -0.138. The van der Waals surface area contributed by atoms with Crippen molar-refractivity contribution in [3.63, 3.8) is 0 Å². The van der Waals surface area contributed by atoms with Gasteiger partial charge >= 0.3 is 5.97 Å². The first kappa shape index (κ1) is 30.4. The van der Waals surface area contributed by atoms with Crippen LogP contribution in [0.4, 0.5) is 5.69 Å². The number of hydrogen-bond acceptors (Lipinski definition) is 7. The summed E-state index contributed by atoms with van der Waals surface area (Å²) >= 11 is 3.97. The molecule has 0 saturated heterocycles. The normalized spacial score (nSPS) is 12.9. The summed E-state index contributed by atoms with van der Waals surface area (Å²) in [6.07, 6.45) is 11.0. The van der Waals surface area contributed by atoms with Gasteiger partial charge in [-0.25, -0.2) is 0 Å². The SMILES string of the molecule is C#C/C=C\C(=C/C)Cc1cccc(NC(=O)CNC(=O)C(C)NC(=O)CCONC(S)CC(=O)O)c1. The van der Waals surface area contributed by atoms with Crippen molar-refractivity contribution in [3.05, 3.63) is 53.6 Å². The summed E-state index contributed by atoms with van der Waals surface area (Å²) < 4.78 is 0. The van der Waals surface area contributed by atoms with Gasteiger partial charge in [0.25, 0.3) is 0 Å². The number of terminal acetylenes is 1. The molecule has 11 heteroatoms. The molecule has 0 fully saturated rings. The van der Waals surface area contributed by atoms with Crippen LogP contribution in [0, 0.1) is 12.3 Å². The topological polar surface area (TPSA) is 146 Å². The number of allylic oxidation sites excluding steroid dienone is 4. The van der Waals surface area contributed by atoms with Gasteiger partial charge in [-0.1, -0.05) is 30.2 Å². The maximum absolute atomic E-state index is 12.3. The number of carboxylic acid groups (broad SMARTS) is 1. The third kappa shape index (κ3) is 13.3. The van der Waals surface area contributed by atoms with Crippen molar-refractivity contribution in [1.82, 2.24) is 16.1 Å². The molecule has 5 N–H and O–H groups in total. The van der Waals surface area contributed by atoms with Crippen LogP contribution in [0.2, 0.25) is 0 Å². The molecule has 1 aromatic carbocycles. The molecule has 2 unspecified atom stereocenters. The number of hydrogen-bond donors (Lipinski definition) is 6. The van der Waals surface area contributed by atoms with Gasteiger partial charge in [0, 0.05) is 5.69 Å². The predicted molar refractivity (Wildman–Crippen MR) is 140 cm³/mol. The molecular weight excluding hydrogens is 484 g/mol. The van der Waals surface area contributed by atoms with Gasteiger partial charge in [-0.05, 0) is 49.6 Å². The van der Waals surface area contributed by atoms with Crippen LogP contribution in [0.25, 0.3) is 0 Å². The average Bonchev–Trinajstić information content (AvgIpc) is 2.82. The fourth-order valence-corrected chi connectivity index (χ4v) is 3.05. The Bertz CT molecular complexity index is 1020. The second kappa shape index (κ2) is 16.9. The number of aliphatic carboxylic acids is 1. The largest absolute Gasteiger partial charge is 0.481 e.